The number of nitrogens with zero attached hydrogens (tertiary/aromatic N) is 2. The van der Waals surface area contributed by atoms with Crippen molar-refractivity contribution in [3.05, 3.63) is 0 Å². The van der Waals surface area contributed by atoms with Gasteiger partial charge in [0.2, 0.25) is 18.2 Å². The van der Waals surface area contributed by atoms with Gasteiger partial charge in [0.15, 0.2) is 0 Å². The van der Waals surface area contributed by atoms with E-state index in [0.717, 1.165) is 58.0 Å². The summed E-state index contributed by atoms with van der Waals surface area (Å²) >= 11 is 0. The molecule has 1 aliphatic heterocycles. The van der Waals surface area contributed by atoms with Crippen molar-refractivity contribution in [2.75, 3.05) is 19.6 Å². The first-order valence-corrected chi connectivity index (χ1v) is 10.7. The summed E-state index contributed by atoms with van der Waals surface area (Å²) in [5, 5.41) is 13.2. The van der Waals surface area contributed by atoms with Gasteiger partial charge in [0, 0.05) is 13.1 Å². The number of amides is 3. The molecule has 7 nitrogen and oxygen atoms in total. The molecular weight excluding hydrogens is 358 g/mol. The zero-order valence-corrected chi connectivity index (χ0v) is 17.7. The van der Waals surface area contributed by atoms with E-state index < -0.39 is 17.4 Å². The van der Waals surface area contributed by atoms with Crippen LogP contribution < -0.4 is 5.32 Å². The molecule has 2 N–H and O–H groups in total. The number of carbonyl (C=O) groups excluding carboxylic acids is 3. The van der Waals surface area contributed by atoms with Crippen LogP contribution in [0.5, 0.6) is 0 Å². The molecule has 0 bridgehead atoms. The van der Waals surface area contributed by atoms with Crippen LogP contribution in [0.4, 0.5) is 0 Å². The van der Waals surface area contributed by atoms with Gasteiger partial charge in [-0.1, -0.05) is 46.5 Å². The summed E-state index contributed by atoms with van der Waals surface area (Å²) in [5.41, 5.74) is -0.425. The van der Waals surface area contributed by atoms with Gasteiger partial charge in [-0.3, -0.25) is 19.6 Å². The van der Waals surface area contributed by atoms with Crippen molar-refractivity contribution in [3.63, 3.8) is 0 Å². The second-order valence-corrected chi connectivity index (χ2v) is 9.50. The van der Waals surface area contributed by atoms with Crippen LogP contribution in [-0.4, -0.2) is 59.1 Å². The van der Waals surface area contributed by atoms with E-state index in [-0.39, 0.29) is 18.4 Å². The molecule has 1 unspecified atom stereocenters. The third-order valence-electron chi connectivity index (χ3n) is 6.06. The Bertz CT molecular complexity index is 534. The largest absolute Gasteiger partial charge is 0.344 e. The first kappa shape index (κ1) is 22.7. The van der Waals surface area contributed by atoms with Gasteiger partial charge in [0.05, 0.1) is 12.5 Å². The lowest BCUT2D eigenvalue weighted by molar-refractivity contribution is -0.156. The Balaban J connectivity index is 2.10. The normalized spacial score (nSPS) is 20.5. The predicted molar refractivity (Wildman–Crippen MR) is 106 cm³/mol. The van der Waals surface area contributed by atoms with Crippen LogP contribution in [-0.2, 0) is 14.4 Å². The maximum Gasteiger partial charge on any atom is 0.245 e. The number of nitrogens with one attached hydrogen (secondary N) is 1. The van der Waals surface area contributed by atoms with E-state index in [0.29, 0.717) is 23.8 Å². The molecule has 3 amide bonds. The van der Waals surface area contributed by atoms with Crippen molar-refractivity contribution in [3.8, 4) is 0 Å². The molecule has 0 aromatic carbocycles. The van der Waals surface area contributed by atoms with E-state index in [2.05, 4.69) is 5.32 Å². The Labute approximate surface area is 168 Å². The van der Waals surface area contributed by atoms with Crippen molar-refractivity contribution in [2.24, 2.45) is 17.3 Å². The van der Waals surface area contributed by atoms with Gasteiger partial charge in [-0.25, -0.2) is 5.06 Å². The molecule has 0 radical (unpaired) electrons. The fourth-order valence-corrected chi connectivity index (χ4v) is 4.39. The number of carbonyl (C=O) groups is 3. The molecule has 0 aromatic rings. The zero-order chi connectivity index (χ0) is 20.7. The summed E-state index contributed by atoms with van der Waals surface area (Å²) in [6.07, 6.45) is 8.57. The second kappa shape index (κ2) is 10.2. The smallest absolute Gasteiger partial charge is 0.245 e. The molecule has 2 aliphatic rings. The SMILES string of the molecule is CC(C)(C)C(NC(=O)[C@H](CC1CCCC1)CN(O)C=O)C(=O)N1CCCCC1. The number of likely N-dealkylation sites (tertiary alicyclic amines) is 1. The molecule has 1 saturated heterocycles. The fourth-order valence-electron chi connectivity index (χ4n) is 4.39. The molecule has 0 spiro atoms. The summed E-state index contributed by atoms with van der Waals surface area (Å²) in [7, 11) is 0. The quantitative estimate of drug-likeness (QED) is 0.375. The van der Waals surface area contributed by atoms with Crippen LogP contribution in [0, 0.1) is 17.3 Å². The van der Waals surface area contributed by atoms with E-state index in [1.807, 2.05) is 25.7 Å². The first-order chi connectivity index (χ1) is 13.2. The van der Waals surface area contributed by atoms with E-state index in [4.69, 9.17) is 0 Å². The predicted octanol–water partition coefficient (Wildman–Crippen LogP) is 2.57. The Morgan fingerprint density at radius 3 is 2.29 bits per heavy atom. The van der Waals surface area contributed by atoms with Crippen molar-refractivity contribution < 1.29 is 19.6 Å². The highest BCUT2D eigenvalue weighted by molar-refractivity contribution is 5.89. The Morgan fingerprint density at radius 2 is 1.75 bits per heavy atom. The molecule has 0 aromatic heterocycles. The number of hydrogen-bond acceptors (Lipinski definition) is 4. The van der Waals surface area contributed by atoms with E-state index in [9.17, 15) is 19.6 Å². The molecule has 2 atom stereocenters. The molecule has 7 heteroatoms. The second-order valence-electron chi connectivity index (χ2n) is 9.50. The summed E-state index contributed by atoms with van der Waals surface area (Å²) in [6, 6.07) is -0.618. The van der Waals surface area contributed by atoms with E-state index >= 15 is 0 Å². The number of rotatable bonds is 8. The standard InChI is InChI=1S/C21H37N3O4/c1-21(2,3)18(20(27)23-11-7-4-8-12-23)22-19(26)17(14-24(28)15-25)13-16-9-5-6-10-16/h15-18,28H,4-14H2,1-3H3,(H,22,26)/t17-,18?/m1/s1. The molecule has 2 rings (SSSR count). The van der Waals surface area contributed by atoms with Crippen LogP contribution in [0.2, 0.25) is 0 Å². The Hall–Kier alpha value is -1.63. The highest BCUT2D eigenvalue weighted by atomic mass is 16.5. The molecular formula is C21H37N3O4. The van der Waals surface area contributed by atoms with Crippen molar-refractivity contribution in [1.82, 2.24) is 15.3 Å². The van der Waals surface area contributed by atoms with Gasteiger partial charge in [-0.2, -0.15) is 0 Å². The topological polar surface area (TPSA) is 90.0 Å². The number of piperidine rings is 1. The summed E-state index contributed by atoms with van der Waals surface area (Å²) in [4.78, 5) is 38.9. The van der Waals surface area contributed by atoms with Crippen molar-refractivity contribution in [1.29, 1.82) is 0 Å². The number of hydrogen-bond donors (Lipinski definition) is 2. The molecule has 1 aliphatic carbocycles. The van der Waals surface area contributed by atoms with Gasteiger partial charge in [-0.05, 0) is 37.0 Å². The minimum absolute atomic E-state index is 0.0311. The molecule has 160 valence electrons. The molecule has 2 fully saturated rings. The summed E-state index contributed by atoms with van der Waals surface area (Å²) < 4.78 is 0. The first-order valence-electron chi connectivity index (χ1n) is 10.7. The van der Waals surface area contributed by atoms with Gasteiger partial charge in [0.1, 0.15) is 6.04 Å². The van der Waals surface area contributed by atoms with Gasteiger partial charge < -0.3 is 10.2 Å². The van der Waals surface area contributed by atoms with Gasteiger partial charge in [0.25, 0.3) is 0 Å². The van der Waals surface area contributed by atoms with Crippen LogP contribution in [0.25, 0.3) is 0 Å². The highest BCUT2D eigenvalue weighted by Crippen LogP contribution is 2.31. The van der Waals surface area contributed by atoms with Crippen molar-refractivity contribution >= 4 is 18.2 Å². The lowest BCUT2D eigenvalue weighted by Gasteiger charge is -2.37. The summed E-state index contributed by atoms with van der Waals surface area (Å²) in [5.74, 6) is -0.367. The lowest BCUT2D eigenvalue weighted by atomic mass is 9.84. The molecule has 1 saturated carbocycles. The monoisotopic (exact) mass is 395 g/mol. The Kier molecular flexibility index (Phi) is 8.28. The maximum atomic E-state index is 13.1. The van der Waals surface area contributed by atoms with E-state index in [1.165, 1.54) is 0 Å². The maximum absolute atomic E-state index is 13.1. The minimum atomic E-state index is -0.618. The average Bonchev–Trinajstić information content (AvgIpc) is 3.17. The van der Waals surface area contributed by atoms with E-state index in [1.54, 1.807) is 0 Å². The molecule has 28 heavy (non-hydrogen) atoms. The fraction of sp³-hybridized carbons (Fsp3) is 0.857. The zero-order valence-electron chi connectivity index (χ0n) is 17.7. The van der Waals surface area contributed by atoms with Crippen LogP contribution in [0.1, 0.15) is 72.1 Å². The minimum Gasteiger partial charge on any atom is -0.344 e. The van der Waals surface area contributed by atoms with Crippen LogP contribution in [0.3, 0.4) is 0 Å². The number of hydroxylamine groups is 2. The third kappa shape index (κ3) is 6.47. The lowest BCUT2D eigenvalue weighted by Crippen LogP contribution is -2.57. The molecule has 1 heterocycles. The average molecular weight is 396 g/mol. The Morgan fingerprint density at radius 1 is 1.14 bits per heavy atom. The third-order valence-corrected chi connectivity index (χ3v) is 6.06. The summed E-state index contributed by atoms with van der Waals surface area (Å²) in [6.45, 7) is 7.30. The van der Waals surface area contributed by atoms with Crippen molar-refractivity contribution in [2.45, 2.75) is 78.2 Å². The van der Waals surface area contributed by atoms with Gasteiger partial charge in [-0.15, -0.1) is 0 Å². The highest BCUT2D eigenvalue weighted by Gasteiger charge is 2.38. The van der Waals surface area contributed by atoms with Crippen LogP contribution >= 0.6 is 0 Å². The van der Waals surface area contributed by atoms with Crippen LogP contribution in [0.15, 0.2) is 0 Å². The van der Waals surface area contributed by atoms with Gasteiger partial charge >= 0.3 is 0 Å².